The molecule has 0 saturated heterocycles. The SMILES string of the molecule is C[n+]1ccc2c(ccn2Cc2cc(C(N)=NC3CCCCC3)co2)c1. The molecule has 0 spiro atoms. The first-order chi connectivity index (χ1) is 12.2. The van der Waals surface area contributed by atoms with E-state index in [9.17, 15) is 0 Å². The number of fused-ring (bicyclic) bond motifs is 1. The summed E-state index contributed by atoms with van der Waals surface area (Å²) in [5.41, 5.74) is 8.29. The summed E-state index contributed by atoms with van der Waals surface area (Å²) in [5.74, 6) is 1.49. The highest BCUT2D eigenvalue weighted by Gasteiger charge is 2.14. The Labute approximate surface area is 147 Å². The van der Waals surface area contributed by atoms with Crippen molar-refractivity contribution < 1.29 is 8.98 Å². The number of rotatable bonds is 4. The molecule has 1 saturated carbocycles. The van der Waals surface area contributed by atoms with Crippen LogP contribution in [0.2, 0.25) is 0 Å². The molecule has 0 radical (unpaired) electrons. The Kier molecular flexibility index (Phi) is 4.30. The first-order valence-corrected chi connectivity index (χ1v) is 9.04. The zero-order valence-corrected chi connectivity index (χ0v) is 14.7. The van der Waals surface area contributed by atoms with E-state index in [1.54, 1.807) is 6.26 Å². The molecule has 1 aliphatic carbocycles. The Bertz CT molecular complexity index is 899. The normalized spacial score (nSPS) is 16.6. The van der Waals surface area contributed by atoms with Gasteiger partial charge in [-0.15, -0.1) is 0 Å². The minimum absolute atomic E-state index is 0.376. The van der Waals surface area contributed by atoms with E-state index in [2.05, 4.69) is 39.9 Å². The zero-order chi connectivity index (χ0) is 17.2. The third kappa shape index (κ3) is 3.45. The molecule has 5 heteroatoms. The smallest absolute Gasteiger partial charge is 0.177 e. The van der Waals surface area contributed by atoms with Gasteiger partial charge in [-0.3, -0.25) is 4.99 Å². The van der Waals surface area contributed by atoms with Crippen LogP contribution in [-0.4, -0.2) is 16.4 Å². The predicted octanol–water partition coefficient (Wildman–Crippen LogP) is 3.15. The van der Waals surface area contributed by atoms with Gasteiger partial charge in [-0.2, -0.15) is 0 Å². The summed E-state index contributed by atoms with van der Waals surface area (Å²) in [6.45, 7) is 0.688. The Morgan fingerprint density at radius 1 is 1.32 bits per heavy atom. The van der Waals surface area contributed by atoms with Crippen molar-refractivity contribution in [2.45, 2.75) is 44.7 Å². The molecule has 0 aliphatic heterocycles. The van der Waals surface area contributed by atoms with Gasteiger partial charge < -0.3 is 14.7 Å². The van der Waals surface area contributed by atoms with Crippen molar-refractivity contribution in [1.29, 1.82) is 0 Å². The molecule has 3 aromatic rings. The number of nitrogens with two attached hydrogens (primary N) is 1. The number of aromatic nitrogens is 2. The molecule has 1 fully saturated rings. The van der Waals surface area contributed by atoms with Crippen LogP contribution in [0.3, 0.4) is 0 Å². The van der Waals surface area contributed by atoms with E-state index in [0.717, 1.165) is 24.2 Å². The molecule has 0 unspecified atom stereocenters. The molecule has 130 valence electrons. The summed E-state index contributed by atoms with van der Waals surface area (Å²) in [4.78, 5) is 4.70. The molecule has 2 N–H and O–H groups in total. The second-order valence-corrected chi connectivity index (χ2v) is 7.00. The van der Waals surface area contributed by atoms with E-state index < -0.39 is 0 Å². The first-order valence-electron chi connectivity index (χ1n) is 9.04. The van der Waals surface area contributed by atoms with E-state index in [4.69, 9.17) is 15.1 Å². The van der Waals surface area contributed by atoms with Gasteiger partial charge in [0.2, 0.25) is 0 Å². The highest BCUT2D eigenvalue weighted by Crippen LogP contribution is 2.21. The van der Waals surface area contributed by atoms with E-state index in [1.165, 1.54) is 30.2 Å². The summed E-state index contributed by atoms with van der Waals surface area (Å²) in [6.07, 6.45) is 14.1. The van der Waals surface area contributed by atoms with E-state index >= 15 is 0 Å². The van der Waals surface area contributed by atoms with E-state index in [0.29, 0.717) is 18.4 Å². The Morgan fingerprint density at radius 3 is 3.00 bits per heavy atom. The van der Waals surface area contributed by atoms with Crippen molar-refractivity contribution >= 4 is 16.7 Å². The van der Waals surface area contributed by atoms with Crippen molar-refractivity contribution in [1.82, 2.24) is 4.57 Å². The Hall–Kier alpha value is -2.56. The van der Waals surface area contributed by atoms with Gasteiger partial charge in [0, 0.05) is 12.3 Å². The average molecular weight is 337 g/mol. The molecular weight excluding hydrogens is 312 g/mol. The average Bonchev–Trinajstić information content (AvgIpc) is 3.23. The number of amidine groups is 1. The molecular formula is C20H25N4O+. The van der Waals surface area contributed by atoms with Gasteiger partial charge in [0.1, 0.15) is 24.9 Å². The first kappa shape index (κ1) is 15.9. The second-order valence-electron chi connectivity index (χ2n) is 7.00. The predicted molar refractivity (Wildman–Crippen MR) is 98.5 cm³/mol. The fourth-order valence-corrected chi connectivity index (χ4v) is 3.64. The molecule has 3 aromatic heterocycles. The highest BCUT2D eigenvalue weighted by atomic mass is 16.3. The fraction of sp³-hybridized carbons (Fsp3) is 0.400. The number of aliphatic imine (C=N–C) groups is 1. The van der Waals surface area contributed by atoms with E-state index in [1.807, 2.05) is 13.1 Å². The molecule has 1 aliphatic rings. The van der Waals surface area contributed by atoms with Gasteiger partial charge in [0.15, 0.2) is 12.4 Å². The third-order valence-electron chi connectivity index (χ3n) is 5.02. The molecule has 5 nitrogen and oxygen atoms in total. The topological polar surface area (TPSA) is 60.3 Å². The van der Waals surface area contributed by atoms with Gasteiger partial charge in [-0.25, -0.2) is 4.57 Å². The Balaban J connectivity index is 1.51. The van der Waals surface area contributed by atoms with Crippen molar-refractivity contribution in [3.05, 3.63) is 54.4 Å². The maximum Gasteiger partial charge on any atom is 0.177 e. The zero-order valence-electron chi connectivity index (χ0n) is 14.7. The van der Waals surface area contributed by atoms with Gasteiger partial charge in [0.05, 0.1) is 29.1 Å². The van der Waals surface area contributed by atoms with E-state index in [-0.39, 0.29) is 0 Å². The minimum Gasteiger partial charge on any atom is -0.467 e. The standard InChI is InChI=1S/C20H25N4O/c1-23-9-8-19-15(12-23)7-10-24(19)13-18-11-16(14-25-18)20(21)22-17-5-3-2-4-6-17/h7-12,14,17H,2-6,13H2,1H3,(H2,21,22)/q+1. The molecule has 0 aromatic carbocycles. The summed E-state index contributed by atoms with van der Waals surface area (Å²) < 4.78 is 9.98. The lowest BCUT2D eigenvalue weighted by Gasteiger charge is -2.17. The number of furan rings is 1. The summed E-state index contributed by atoms with van der Waals surface area (Å²) in [5, 5.41) is 1.22. The number of hydrogen-bond acceptors (Lipinski definition) is 2. The number of aryl methyl sites for hydroxylation is 1. The summed E-state index contributed by atoms with van der Waals surface area (Å²) in [7, 11) is 2.03. The lowest BCUT2D eigenvalue weighted by Crippen LogP contribution is -2.25. The van der Waals surface area contributed by atoms with Gasteiger partial charge in [-0.05, 0) is 25.0 Å². The number of nitrogens with zero attached hydrogens (tertiary/aromatic N) is 3. The molecule has 4 rings (SSSR count). The maximum absolute atomic E-state index is 6.20. The Morgan fingerprint density at radius 2 is 2.16 bits per heavy atom. The molecule has 0 amide bonds. The van der Waals surface area contributed by atoms with Crippen LogP contribution in [0, 0.1) is 0 Å². The number of hydrogen-bond donors (Lipinski definition) is 1. The summed E-state index contributed by atoms with van der Waals surface area (Å²) in [6, 6.07) is 6.63. The lowest BCUT2D eigenvalue weighted by atomic mass is 9.96. The number of pyridine rings is 1. The lowest BCUT2D eigenvalue weighted by molar-refractivity contribution is -0.670. The van der Waals surface area contributed by atoms with Crippen molar-refractivity contribution in [3.8, 4) is 0 Å². The molecule has 25 heavy (non-hydrogen) atoms. The van der Waals surface area contributed by atoms with Crippen LogP contribution < -0.4 is 10.3 Å². The van der Waals surface area contributed by atoms with Crippen LogP contribution >= 0.6 is 0 Å². The second kappa shape index (κ2) is 6.75. The third-order valence-corrected chi connectivity index (χ3v) is 5.02. The van der Waals surface area contributed by atoms with Gasteiger partial charge in [-0.1, -0.05) is 19.3 Å². The van der Waals surface area contributed by atoms with Crippen LogP contribution in [0.4, 0.5) is 0 Å². The van der Waals surface area contributed by atoms with Crippen LogP contribution in [0.15, 0.2) is 52.5 Å². The quantitative estimate of drug-likeness (QED) is 0.452. The van der Waals surface area contributed by atoms with Crippen molar-refractivity contribution in [2.75, 3.05) is 0 Å². The van der Waals surface area contributed by atoms with Crippen LogP contribution in [0.5, 0.6) is 0 Å². The molecule has 3 heterocycles. The maximum atomic E-state index is 6.20. The van der Waals surface area contributed by atoms with Crippen LogP contribution in [0.1, 0.15) is 43.4 Å². The highest BCUT2D eigenvalue weighted by molar-refractivity contribution is 5.97. The minimum atomic E-state index is 0.376. The van der Waals surface area contributed by atoms with Crippen LogP contribution in [-0.2, 0) is 13.6 Å². The van der Waals surface area contributed by atoms with Crippen LogP contribution in [0.25, 0.3) is 10.9 Å². The molecule has 0 bridgehead atoms. The van der Waals surface area contributed by atoms with Crippen molar-refractivity contribution in [3.63, 3.8) is 0 Å². The molecule has 0 atom stereocenters. The summed E-state index contributed by atoms with van der Waals surface area (Å²) >= 11 is 0. The largest absolute Gasteiger partial charge is 0.467 e. The van der Waals surface area contributed by atoms with Gasteiger partial charge in [0.25, 0.3) is 0 Å². The fourth-order valence-electron chi connectivity index (χ4n) is 3.64. The van der Waals surface area contributed by atoms with Crippen molar-refractivity contribution in [2.24, 2.45) is 17.8 Å². The monoisotopic (exact) mass is 337 g/mol. The van der Waals surface area contributed by atoms with Gasteiger partial charge >= 0.3 is 0 Å².